The molecule has 3 rings (SSSR count). The zero-order chi connectivity index (χ0) is 15.2. The third kappa shape index (κ3) is 2.07. The van der Waals surface area contributed by atoms with E-state index in [2.05, 4.69) is 20.3 Å². The van der Waals surface area contributed by atoms with Gasteiger partial charge in [0.2, 0.25) is 5.28 Å². The van der Waals surface area contributed by atoms with Gasteiger partial charge < -0.3 is 25.2 Å². The molecule has 3 atom stereocenters. The first kappa shape index (κ1) is 14.2. The molecule has 2 aromatic heterocycles. The maximum absolute atomic E-state index is 10.2. The molecule has 112 valence electrons. The van der Waals surface area contributed by atoms with Crippen molar-refractivity contribution in [3.05, 3.63) is 23.8 Å². The molecule has 1 aliphatic carbocycles. The number of nitrogens with one attached hydrogen (secondary N) is 1. The Hall–Kier alpha value is -1.74. The van der Waals surface area contributed by atoms with E-state index >= 15 is 0 Å². The predicted molar refractivity (Wildman–Crippen MR) is 76.1 cm³/mol. The highest BCUT2D eigenvalue weighted by Crippen LogP contribution is 2.34. The van der Waals surface area contributed by atoms with Crippen molar-refractivity contribution in [1.82, 2.24) is 19.5 Å². The molecule has 0 spiro atoms. The van der Waals surface area contributed by atoms with Crippen molar-refractivity contribution >= 4 is 28.6 Å². The third-order valence-corrected chi connectivity index (χ3v) is 3.79. The number of hydrogen-bond donors (Lipinski definition) is 4. The summed E-state index contributed by atoms with van der Waals surface area (Å²) in [6.45, 7) is -0.578. The van der Waals surface area contributed by atoms with Gasteiger partial charge >= 0.3 is 0 Å². The molecule has 8 nitrogen and oxygen atoms in total. The number of aliphatic hydroxyl groups excluding tert-OH is 2. The van der Waals surface area contributed by atoms with Crippen LogP contribution in [0.4, 0.5) is 5.82 Å². The minimum atomic E-state index is -1.68. The van der Waals surface area contributed by atoms with Gasteiger partial charge in [-0.15, -0.1) is 0 Å². The highest BCUT2D eigenvalue weighted by molar-refractivity contribution is 6.28. The summed E-state index contributed by atoms with van der Waals surface area (Å²) in [6, 6.07) is -0.608. The van der Waals surface area contributed by atoms with Crippen LogP contribution in [0.1, 0.15) is 6.04 Å². The second kappa shape index (κ2) is 4.92. The Morgan fingerprint density at radius 3 is 2.86 bits per heavy atom. The number of aromatic nitrogens is 4. The maximum Gasteiger partial charge on any atom is 0.226 e. The molecule has 0 aromatic carbocycles. The van der Waals surface area contributed by atoms with Crippen LogP contribution in [0.5, 0.6) is 0 Å². The van der Waals surface area contributed by atoms with E-state index in [-0.39, 0.29) is 5.28 Å². The molecule has 0 fully saturated rings. The molecule has 0 bridgehead atoms. The number of rotatable bonds is 3. The average molecular weight is 312 g/mol. The number of aliphatic hydroxyl groups is 3. The van der Waals surface area contributed by atoms with Crippen LogP contribution in [0.15, 0.2) is 18.5 Å². The highest BCUT2D eigenvalue weighted by Gasteiger charge is 2.43. The molecule has 0 amide bonds. The van der Waals surface area contributed by atoms with Gasteiger partial charge in [-0.25, -0.2) is 4.98 Å². The van der Waals surface area contributed by atoms with Crippen molar-refractivity contribution in [3.63, 3.8) is 0 Å². The zero-order valence-corrected chi connectivity index (χ0v) is 11.9. The van der Waals surface area contributed by atoms with Gasteiger partial charge in [-0.1, -0.05) is 6.08 Å². The molecular weight excluding hydrogens is 298 g/mol. The van der Waals surface area contributed by atoms with Gasteiger partial charge in [-0.3, -0.25) is 0 Å². The van der Waals surface area contributed by atoms with Gasteiger partial charge in [0.05, 0.1) is 19.0 Å². The van der Waals surface area contributed by atoms with Crippen LogP contribution < -0.4 is 5.32 Å². The molecule has 2 heterocycles. The molecule has 0 radical (unpaired) electrons. The Morgan fingerprint density at radius 1 is 1.48 bits per heavy atom. The summed E-state index contributed by atoms with van der Waals surface area (Å²) in [6.07, 6.45) is 3.23. The summed E-state index contributed by atoms with van der Waals surface area (Å²) in [5.41, 5.74) is -0.749. The van der Waals surface area contributed by atoms with E-state index in [1.54, 1.807) is 17.7 Å². The smallest absolute Gasteiger partial charge is 0.226 e. The van der Waals surface area contributed by atoms with Crippen molar-refractivity contribution in [2.75, 3.05) is 19.0 Å². The first-order chi connectivity index (χ1) is 10.00. The SMILES string of the molecule is CNc1nc(Cl)nc2c1ncn2[C@@H]1C=C[C@](O)(CO)[C@H]1O. The monoisotopic (exact) mass is 311 g/mol. The Morgan fingerprint density at radius 2 is 2.24 bits per heavy atom. The number of hydrogen-bond acceptors (Lipinski definition) is 7. The van der Waals surface area contributed by atoms with Crippen LogP contribution in [0.2, 0.25) is 5.28 Å². The van der Waals surface area contributed by atoms with Gasteiger partial charge in [0.1, 0.15) is 11.7 Å². The van der Waals surface area contributed by atoms with Crippen molar-refractivity contribution in [2.24, 2.45) is 0 Å². The molecule has 9 heteroatoms. The Bertz CT molecular complexity index is 718. The summed E-state index contributed by atoms with van der Waals surface area (Å²) < 4.78 is 1.58. The number of anilines is 1. The van der Waals surface area contributed by atoms with Crippen LogP contribution in [0.3, 0.4) is 0 Å². The lowest BCUT2D eigenvalue weighted by molar-refractivity contribution is -0.0737. The van der Waals surface area contributed by atoms with E-state index in [4.69, 9.17) is 11.6 Å². The first-order valence-corrected chi connectivity index (χ1v) is 6.66. The zero-order valence-electron chi connectivity index (χ0n) is 11.1. The number of fused-ring (bicyclic) bond motifs is 1. The van der Waals surface area contributed by atoms with Crippen molar-refractivity contribution in [3.8, 4) is 0 Å². The van der Waals surface area contributed by atoms with Crippen molar-refractivity contribution in [1.29, 1.82) is 0 Å². The lowest BCUT2D eigenvalue weighted by Gasteiger charge is -2.27. The number of imidazole rings is 1. The lowest BCUT2D eigenvalue weighted by Crippen LogP contribution is -2.44. The minimum absolute atomic E-state index is 0.0440. The molecule has 4 N–H and O–H groups in total. The maximum atomic E-state index is 10.2. The van der Waals surface area contributed by atoms with Crippen molar-refractivity contribution < 1.29 is 15.3 Å². The van der Waals surface area contributed by atoms with Crippen LogP contribution in [0.25, 0.3) is 11.2 Å². The number of nitrogens with zero attached hydrogens (tertiary/aromatic N) is 4. The average Bonchev–Trinajstić information content (AvgIpc) is 3.01. The first-order valence-electron chi connectivity index (χ1n) is 6.28. The molecular formula is C12H14ClN5O3. The van der Waals surface area contributed by atoms with Gasteiger partial charge in [-0.2, -0.15) is 9.97 Å². The molecule has 0 saturated carbocycles. The standard InChI is InChI=1S/C12H14ClN5O3/c1-14-9-7-10(17-11(13)16-9)18(5-15-7)6-2-3-12(21,4-19)8(6)20/h2-3,5-6,8,19-21H,4H2,1H3,(H,14,16,17)/t6-,8+,12+/m1/s1. The predicted octanol–water partition coefficient (Wildman–Crippen LogP) is -0.283. The summed E-state index contributed by atoms with van der Waals surface area (Å²) in [5, 5.41) is 32.4. The van der Waals surface area contributed by atoms with Crippen molar-refractivity contribution in [2.45, 2.75) is 17.7 Å². The van der Waals surface area contributed by atoms with E-state index in [0.717, 1.165) is 0 Å². The van der Waals surface area contributed by atoms with Crippen LogP contribution in [-0.4, -0.2) is 60.2 Å². The molecule has 0 saturated heterocycles. The minimum Gasteiger partial charge on any atom is -0.393 e. The van der Waals surface area contributed by atoms with E-state index in [0.29, 0.717) is 17.0 Å². The largest absolute Gasteiger partial charge is 0.393 e. The molecule has 1 aliphatic rings. The number of halogens is 1. The fourth-order valence-corrected chi connectivity index (χ4v) is 2.60. The topological polar surface area (TPSA) is 116 Å². The van der Waals surface area contributed by atoms with E-state index in [9.17, 15) is 15.3 Å². The van der Waals surface area contributed by atoms with E-state index in [1.807, 2.05) is 0 Å². The molecule has 0 unspecified atom stereocenters. The highest BCUT2D eigenvalue weighted by atomic mass is 35.5. The third-order valence-electron chi connectivity index (χ3n) is 3.62. The van der Waals surface area contributed by atoms with Crippen LogP contribution >= 0.6 is 11.6 Å². The molecule has 21 heavy (non-hydrogen) atoms. The summed E-state index contributed by atoms with van der Waals surface area (Å²) in [7, 11) is 1.69. The van der Waals surface area contributed by atoms with Gasteiger partial charge in [0.15, 0.2) is 17.0 Å². The fourth-order valence-electron chi connectivity index (χ4n) is 2.44. The van der Waals surface area contributed by atoms with E-state index in [1.165, 1.54) is 12.4 Å². The van der Waals surface area contributed by atoms with Gasteiger partial charge in [0.25, 0.3) is 0 Å². The molecule has 2 aromatic rings. The second-order valence-electron chi connectivity index (χ2n) is 4.86. The lowest BCUT2D eigenvalue weighted by atomic mass is 10.00. The normalized spacial score (nSPS) is 28.4. The summed E-state index contributed by atoms with van der Waals surface area (Å²) >= 11 is 5.88. The van der Waals surface area contributed by atoms with E-state index < -0.39 is 24.4 Å². The van der Waals surface area contributed by atoms with Gasteiger partial charge in [0, 0.05) is 7.05 Å². The Kier molecular flexibility index (Phi) is 3.33. The molecule has 0 aliphatic heterocycles. The van der Waals surface area contributed by atoms with Crippen LogP contribution in [-0.2, 0) is 0 Å². The fraction of sp³-hybridized carbons (Fsp3) is 0.417. The Labute approximate surface area is 124 Å². The summed E-state index contributed by atoms with van der Waals surface area (Å²) in [5.74, 6) is 0.470. The summed E-state index contributed by atoms with van der Waals surface area (Å²) in [4.78, 5) is 12.4. The van der Waals surface area contributed by atoms with Gasteiger partial charge in [-0.05, 0) is 17.7 Å². The Balaban J connectivity index is 2.11. The quantitative estimate of drug-likeness (QED) is 0.455. The van der Waals surface area contributed by atoms with Crippen LogP contribution in [0, 0.1) is 0 Å². The second-order valence-corrected chi connectivity index (χ2v) is 5.20.